The van der Waals surface area contributed by atoms with Gasteiger partial charge in [-0.2, -0.15) is 0 Å². The first-order chi connectivity index (χ1) is 12.6. The molecule has 1 N–H and O–H groups in total. The molecule has 5 nitrogen and oxygen atoms in total. The van der Waals surface area contributed by atoms with Gasteiger partial charge in [0.1, 0.15) is 18.4 Å². The molecule has 2 fully saturated rings. The zero-order valence-corrected chi connectivity index (χ0v) is 15.6. The molecule has 0 radical (unpaired) electrons. The second-order valence-electron chi connectivity index (χ2n) is 6.91. The number of thioether (sulfide) groups is 1. The Morgan fingerprint density at radius 1 is 1.31 bits per heavy atom. The van der Waals surface area contributed by atoms with Crippen LogP contribution in [0.3, 0.4) is 0 Å². The molecule has 2 heterocycles. The Kier molecular flexibility index (Phi) is 4.53. The molecule has 2 atom stereocenters. The van der Waals surface area contributed by atoms with Gasteiger partial charge in [0.2, 0.25) is 11.8 Å². The molecule has 2 aliphatic rings. The Hall–Kier alpha value is -2.21. The van der Waals surface area contributed by atoms with Crippen molar-refractivity contribution in [2.75, 3.05) is 18.9 Å². The summed E-state index contributed by atoms with van der Waals surface area (Å²) in [5, 5.41) is 5.21. The van der Waals surface area contributed by atoms with Gasteiger partial charge in [-0.25, -0.2) is 0 Å². The van der Waals surface area contributed by atoms with Crippen molar-refractivity contribution < 1.29 is 14.3 Å². The first-order valence-corrected chi connectivity index (χ1v) is 9.91. The Labute approximate surface area is 157 Å². The highest BCUT2D eigenvalue weighted by molar-refractivity contribution is 8.01. The zero-order valence-electron chi connectivity index (χ0n) is 14.7. The van der Waals surface area contributed by atoms with Crippen molar-refractivity contribution in [2.45, 2.75) is 30.7 Å². The highest BCUT2D eigenvalue weighted by Crippen LogP contribution is 2.47. The van der Waals surface area contributed by atoms with Crippen LogP contribution in [0.2, 0.25) is 0 Å². The van der Waals surface area contributed by atoms with Crippen LogP contribution in [-0.4, -0.2) is 46.5 Å². The van der Waals surface area contributed by atoms with E-state index in [1.54, 1.807) is 16.7 Å². The minimum absolute atomic E-state index is 0.0846. The number of hydrogen-bond acceptors (Lipinski definition) is 4. The normalized spacial score (nSPS) is 24.7. The van der Waals surface area contributed by atoms with Crippen LogP contribution in [0.25, 0.3) is 10.8 Å². The Morgan fingerprint density at radius 2 is 2.12 bits per heavy atom. The second kappa shape index (κ2) is 6.83. The summed E-state index contributed by atoms with van der Waals surface area (Å²) < 4.78 is 5.75. The molecule has 26 heavy (non-hydrogen) atoms. The van der Waals surface area contributed by atoms with Crippen LogP contribution in [0.5, 0.6) is 5.75 Å². The molecule has 2 aliphatic heterocycles. The van der Waals surface area contributed by atoms with Crippen molar-refractivity contribution in [3.63, 3.8) is 0 Å². The smallest absolute Gasteiger partial charge is 0.243 e. The number of carbonyl (C=O) groups excluding carboxylic acids is 2. The molecule has 0 aromatic heterocycles. The van der Waals surface area contributed by atoms with Crippen LogP contribution < -0.4 is 10.1 Å². The molecule has 4 rings (SSSR count). The molecule has 136 valence electrons. The lowest BCUT2D eigenvalue weighted by atomic mass is 10.1. The highest BCUT2D eigenvalue weighted by Gasteiger charge is 2.52. The summed E-state index contributed by atoms with van der Waals surface area (Å²) in [7, 11) is 0. The Morgan fingerprint density at radius 3 is 2.96 bits per heavy atom. The summed E-state index contributed by atoms with van der Waals surface area (Å²) in [5.41, 5.74) is 0. The molecule has 2 saturated heterocycles. The fourth-order valence-corrected chi connectivity index (χ4v) is 5.16. The summed E-state index contributed by atoms with van der Waals surface area (Å²) in [6.07, 6.45) is 1.36. The number of hydrogen-bond donors (Lipinski definition) is 1. The maximum Gasteiger partial charge on any atom is 0.243 e. The predicted molar refractivity (Wildman–Crippen MR) is 103 cm³/mol. The minimum atomic E-state index is -0.360. The van der Waals surface area contributed by atoms with E-state index in [9.17, 15) is 9.59 Å². The maximum absolute atomic E-state index is 12.5. The topological polar surface area (TPSA) is 58.6 Å². The molecule has 0 aliphatic carbocycles. The van der Waals surface area contributed by atoms with Gasteiger partial charge in [0, 0.05) is 12.2 Å². The molecule has 0 saturated carbocycles. The van der Waals surface area contributed by atoms with Crippen molar-refractivity contribution >= 4 is 34.3 Å². The molecule has 2 aromatic carbocycles. The van der Waals surface area contributed by atoms with E-state index in [1.807, 2.05) is 36.4 Å². The zero-order chi connectivity index (χ0) is 18.1. The van der Waals surface area contributed by atoms with Crippen LogP contribution in [0.4, 0.5) is 0 Å². The van der Waals surface area contributed by atoms with E-state index < -0.39 is 0 Å². The monoisotopic (exact) mass is 370 g/mol. The number of ether oxygens (including phenoxy) is 1. The van der Waals surface area contributed by atoms with Gasteiger partial charge < -0.3 is 15.0 Å². The highest BCUT2D eigenvalue weighted by atomic mass is 32.2. The lowest BCUT2D eigenvalue weighted by Crippen LogP contribution is -2.50. The van der Waals surface area contributed by atoms with Gasteiger partial charge in [-0.3, -0.25) is 9.59 Å². The van der Waals surface area contributed by atoms with E-state index >= 15 is 0 Å². The summed E-state index contributed by atoms with van der Waals surface area (Å²) in [6, 6.07) is 13.7. The Bertz CT molecular complexity index is 856. The van der Waals surface area contributed by atoms with E-state index in [0.29, 0.717) is 25.3 Å². The van der Waals surface area contributed by atoms with Crippen LogP contribution in [0, 0.1) is 0 Å². The van der Waals surface area contributed by atoms with Crippen LogP contribution in [-0.2, 0) is 9.59 Å². The van der Waals surface area contributed by atoms with Gasteiger partial charge in [0.25, 0.3) is 0 Å². The molecule has 2 amide bonds. The van der Waals surface area contributed by atoms with E-state index in [0.717, 1.165) is 17.6 Å². The number of benzene rings is 2. The van der Waals surface area contributed by atoms with E-state index in [-0.39, 0.29) is 22.7 Å². The van der Waals surface area contributed by atoms with Crippen LogP contribution >= 0.6 is 11.8 Å². The van der Waals surface area contributed by atoms with Gasteiger partial charge in [0.15, 0.2) is 0 Å². The first-order valence-electron chi connectivity index (χ1n) is 8.92. The average Bonchev–Trinajstić information content (AvgIpc) is 3.14. The summed E-state index contributed by atoms with van der Waals surface area (Å²) in [6.45, 7) is 2.87. The summed E-state index contributed by atoms with van der Waals surface area (Å²) >= 11 is 1.71. The predicted octanol–water partition coefficient (Wildman–Crippen LogP) is 2.79. The summed E-state index contributed by atoms with van der Waals surface area (Å²) in [4.78, 5) is 26.2. The SMILES string of the molecule is C[C@]12CCC(=O)N1[C@H](C(=O)NCCOc1ccc3ccccc3c1)CS2. The average molecular weight is 370 g/mol. The number of nitrogens with zero attached hydrogens (tertiary/aromatic N) is 1. The van der Waals surface area contributed by atoms with Gasteiger partial charge in [-0.15, -0.1) is 11.8 Å². The number of fused-ring (bicyclic) bond motifs is 2. The lowest BCUT2D eigenvalue weighted by molar-refractivity contribution is -0.137. The van der Waals surface area contributed by atoms with Crippen molar-refractivity contribution in [1.29, 1.82) is 0 Å². The number of carbonyl (C=O) groups is 2. The van der Waals surface area contributed by atoms with E-state index in [1.165, 1.54) is 5.39 Å². The minimum Gasteiger partial charge on any atom is -0.492 e. The molecular weight excluding hydrogens is 348 g/mol. The first kappa shape index (κ1) is 17.2. The fraction of sp³-hybridized carbons (Fsp3) is 0.400. The van der Waals surface area contributed by atoms with Gasteiger partial charge >= 0.3 is 0 Å². The molecule has 0 bridgehead atoms. The second-order valence-corrected chi connectivity index (χ2v) is 8.42. The molecule has 6 heteroatoms. The third kappa shape index (κ3) is 3.14. The van der Waals surface area contributed by atoms with Crippen LogP contribution in [0.15, 0.2) is 42.5 Å². The van der Waals surface area contributed by atoms with Gasteiger partial charge in [-0.1, -0.05) is 30.3 Å². The van der Waals surface area contributed by atoms with E-state index in [4.69, 9.17) is 4.74 Å². The fourth-order valence-electron chi connectivity index (χ4n) is 3.73. The lowest BCUT2D eigenvalue weighted by Gasteiger charge is -2.29. The maximum atomic E-state index is 12.5. The molecule has 0 spiro atoms. The number of rotatable bonds is 5. The van der Waals surface area contributed by atoms with Crippen LogP contribution in [0.1, 0.15) is 19.8 Å². The molecular formula is C20H22N2O3S. The standard InChI is InChI=1S/C20H22N2O3S/c1-20-9-8-18(23)22(20)17(13-26-20)19(24)21-10-11-25-16-7-6-14-4-2-3-5-15(14)12-16/h2-7,12,17H,8-11,13H2,1H3,(H,21,24)/t17-,20-/m0/s1. The van der Waals surface area contributed by atoms with Crippen molar-refractivity contribution in [3.8, 4) is 5.75 Å². The number of nitrogens with one attached hydrogen (secondary N) is 1. The third-order valence-corrected chi connectivity index (χ3v) is 6.64. The molecule has 0 unspecified atom stereocenters. The Balaban J connectivity index is 1.29. The van der Waals surface area contributed by atoms with Crippen molar-refractivity contribution in [3.05, 3.63) is 42.5 Å². The number of amides is 2. The quantitative estimate of drug-likeness (QED) is 0.823. The van der Waals surface area contributed by atoms with Gasteiger partial charge in [-0.05, 0) is 36.2 Å². The summed E-state index contributed by atoms with van der Waals surface area (Å²) in [5.74, 6) is 1.46. The van der Waals surface area contributed by atoms with Crippen molar-refractivity contribution in [1.82, 2.24) is 10.2 Å². The molecule has 2 aromatic rings. The third-order valence-electron chi connectivity index (χ3n) is 5.14. The van der Waals surface area contributed by atoms with Crippen molar-refractivity contribution in [2.24, 2.45) is 0 Å². The van der Waals surface area contributed by atoms with E-state index in [2.05, 4.69) is 18.3 Å². The van der Waals surface area contributed by atoms with Gasteiger partial charge in [0.05, 0.1) is 11.4 Å². The largest absolute Gasteiger partial charge is 0.492 e.